The zero-order chi connectivity index (χ0) is 46.1. The second-order valence-electron chi connectivity index (χ2n) is 9.59. The van der Waals surface area contributed by atoms with Gasteiger partial charge in [0.05, 0.1) is 10.9 Å². The molecule has 18 nitrogen and oxygen atoms in total. The molecule has 0 bridgehead atoms. The molecule has 66 heavy (non-hydrogen) atoms. The van der Waals surface area contributed by atoms with Crippen LogP contribution >= 0.6 is 0 Å². The van der Waals surface area contributed by atoms with Crippen LogP contribution in [0.25, 0.3) is 0 Å². The molecule has 378 valence electrons. The van der Waals surface area contributed by atoms with Crippen LogP contribution in [0, 0.1) is 7.14 Å². The van der Waals surface area contributed by atoms with Crippen LogP contribution in [0.2, 0.25) is 0 Å². The van der Waals surface area contributed by atoms with Gasteiger partial charge in [0, 0.05) is 0 Å². The van der Waals surface area contributed by atoms with E-state index in [0.717, 1.165) is 12.8 Å². The van der Waals surface area contributed by atoms with Crippen molar-refractivity contribution in [3.8, 4) is 0 Å². The van der Waals surface area contributed by atoms with Gasteiger partial charge in [0.1, 0.15) is 0 Å². The van der Waals surface area contributed by atoms with Gasteiger partial charge >= 0.3 is 232 Å². The van der Waals surface area contributed by atoms with Crippen molar-refractivity contribution in [1.29, 1.82) is 0 Å². The summed E-state index contributed by atoms with van der Waals surface area (Å²) in [5.41, 5.74) is 0. The average molecular weight is 1750 g/mol. The van der Waals surface area contributed by atoms with Crippen molar-refractivity contribution in [3.63, 3.8) is 0 Å². The molecule has 32 heteroatoms. The van der Waals surface area contributed by atoms with Crippen LogP contribution in [0.5, 0.6) is 0 Å². The fourth-order valence-corrected chi connectivity index (χ4v) is 8.61. The Morgan fingerprint density at radius 2 is 0.636 bits per heavy atom. The van der Waals surface area contributed by atoms with E-state index in [1.807, 2.05) is 6.92 Å². The van der Waals surface area contributed by atoms with E-state index < -0.39 is 126 Å². The van der Waals surface area contributed by atoms with Crippen LogP contribution in [0.3, 0.4) is 0 Å². The monoisotopic (exact) mass is 1740 g/mol. The molecule has 9 N–H and O–H groups in total. The first-order chi connectivity index (χ1) is 28.3. The molecule has 0 aromatic heterocycles. The molecule has 5 aromatic carbocycles. The van der Waals surface area contributed by atoms with Crippen molar-refractivity contribution in [2.24, 2.45) is 0 Å². The summed E-state index contributed by atoms with van der Waals surface area (Å²) in [7, 11) is -0.0146. The topological polar surface area (TPSA) is 340 Å². The van der Waals surface area contributed by atoms with Gasteiger partial charge in [-0.25, -0.2) is 0 Å². The number of benzene rings is 5. The molecule has 5 aromatic rings. The molecule has 0 spiro atoms. The van der Waals surface area contributed by atoms with E-state index in [4.69, 9.17) is 48.9 Å². The van der Waals surface area contributed by atoms with Crippen molar-refractivity contribution in [1.82, 2.24) is 0 Å². The van der Waals surface area contributed by atoms with Gasteiger partial charge in [-0.15, -0.1) is 0 Å². The van der Waals surface area contributed by atoms with Crippen LogP contribution in [-0.4, -0.2) is 163 Å². The molecule has 0 saturated heterocycles. The van der Waals surface area contributed by atoms with E-state index in [1.54, 1.807) is 0 Å². The molecule has 0 fully saturated rings. The van der Waals surface area contributed by atoms with E-state index in [9.17, 15) is 6.40 Å². The third-order valence-electron chi connectivity index (χ3n) is 5.32. The number of halogens is 7. The van der Waals surface area contributed by atoms with Gasteiger partial charge in [-0.05, 0) is 60.7 Å². The van der Waals surface area contributed by atoms with Gasteiger partial charge in [-0.3, -0.25) is 28.2 Å². The summed E-state index contributed by atoms with van der Waals surface area (Å²) in [6.07, 6.45) is 1.82. The van der Waals surface area contributed by atoms with Crippen LogP contribution < -0.4 is 28.0 Å². The largest absolute Gasteiger partial charge is 0.357 e. The van der Waals surface area contributed by atoms with Crippen LogP contribution in [0.4, 0.5) is 28.2 Å². The Hall–Kier alpha value is -0.0109. The van der Waals surface area contributed by atoms with E-state index in [2.05, 4.69) is 155 Å². The quantitative estimate of drug-likeness (QED) is 0.0226. The standard InChI is InChI=1S/C18H15S.C12H10I.C4H9O.6FH.9H2O.8O.6Sb/c1-4-10-16(11-5-1)19(17-12-6-2-7-13-17)18-14-8-3-9-15-18;1-3-7-11(8-4-1)13-12-9-5-2-6-10-12;1-2-3-4-5;;;;;;;;;;;;;;;;;;;;;;;;;;;;;/h1-15H;1-10H;2-4H2,1H3;6*1H;9*1H2;;;;;;;;;;;;;;/q2*+1;-1;;;;;;;;;;;;;;;;;;;;;;2*-1;2*+1;4*+2/p-9. The number of rotatable bonds is 9. The summed E-state index contributed by atoms with van der Waals surface area (Å²) in [4.78, 5) is 4.08. The maximum atomic E-state index is 9.81. The molecule has 0 aliphatic rings. The second-order valence-corrected chi connectivity index (χ2v) is 23.8. The maximum absolute atomic E-state index is 9.81. The molecule has 0 aliphatic heterocycles. The fraction of sp³-hybridized carbons (Fsp3) is 0.118. The number of hydrogen-bond donors (Lipinski definition) is 9. The van der Waals surface area contributed by atoms with E-state index in [0.29, 0.717) is 6.61 Å². The van der Waals surface area contributed by atoms with E-state index in [1.165, 1.54) is 21.8 Å². The molecule has 0 heterocycles. The second kappa shape index (κ2) is 61.1. The molecule has 0 aliphatic carbocycles. The first kappa shape index (κ1) is 85.8. The van der Waals surface area contributed by atoms with Gasteiger partial charge in [0.25, 0.3) is 0 Å². The third kappa shape index (κ3) is 68.3. The molecule has 5 rings (SSSR count). The zero-order valence-electron chi connectivity index (χ0n) is 33.7. The first-order valence-electron chi connectivity index (χ1n) is 16.0. The summed E-state index contributed by atoms with van der Waals surface area (Å²) < 4.78 is 145. The van der Waals surface area contributed by atoms with Crippen molar-refractivity contribution in [2.45, 2.75) is 34.5 Å². The smallest absolute Gasteiger partial charge is 0.0619 e. The minimum atomic E-state index is -3.95. The predicted molar refractivity (Wildman–Crippen MR) is 226 cm³/mol. The fourth-order valence-electron chi connectivity index (χ4n) is 3.44. The van der Waals surface area contributed by atoms with Crippen LogP contribution in [0.15, 0.2) is 166 Å². The molecule has 0 atom stereocenters. The van der Waals surface area contributed by atoms with Gasteiger partial charge in [-0.1, -0.05) is 91.0 Å². The molecular formula is C34H49F6IO18SSb6. The zero-order valence-corrected chi connectivity index (χ0v) is 52.0. The molecule has 0 saturated carbocycles. The van der Waals surface area contributed by atoms with Crippen molar-refractivity contribution < 1.29 is 108 Å². The molecule has 6 radical (unpaired) electrons. The Bertz CT molecular complexity index is 1690. The molecule has 0 unspecified atom stereocenters. The first-order valence-corrected chi connectivity index (χ1v) is 39.0. The Labute approximate surface area is 438 Å². The van der Waals surface area contributed by atoms with Crippen molar-refractivity contribution in [3.05, 3.63) is 159 Å². The van der Waals surface area contributed by atoms with Crippen LogP contribution in [-0.2, 0) is 32.0 Å². The molecular weight excluding hydrogens is 1700 g/mol. The summed E-state index contributed by atoms with van der Waals surface area (Å²) in [6, 6.07) is 53.6. The number of unbranched alkanes of at least 4 members (excludes halogenated alkanes) is 1. The van der Waals surface area contributed by atoms with Gasteiger partial charge in [0.15, 0.2) is 21.8 Å². The Kier molecular flexibility index (Phi) is 79.5. The van der Waals surface area contributed by atoms with Gasteiger partial charge in [0.2, 0.25) is 0 Å². The Morgan fingerprint density at radius 1 is 0.439 bits per heavy atom. The van der Waals surface area contributed by atoms with Gasteiger partial charge < -0.3 is 0 Å². The minimum Gasteiger partial charge on any atom is -0.0619 e. The predicted octanol–water partition coefficient (Wildman–Crippen LogP) is -3.61. The summed E-state index contributed by atoms with van der Waals surface area (Å²) in [5, 5.41) is 0. The summed E-state index contributed by atoms with van der Waals surface area (Å²) in [6.45, 7) is 2.37. The van der Waals surface area contributed by atoms with Crippen molar-refractivity contribution >= 4 is 137 Å². The maximum Gasteiger partial charge on any atom is 0.357 e. The van der Waals surface area contributed by atoms with E-state index >= 15 is 0 Å². The number of hydrogen-bond acceptors (Lipinski definition) is 9. The van der Waals surface area contributed by atoms with Crippen LogP contribution in [0.1, 0.15) is 19.8 Å². The molecule has 0 amide bonds. The SMILES string of the molecule is CCCC[O][Sb](=[O])[O-].F.F.F.F.F.F.[O]=[Sb]([O-])[OH].[O]=[Sb]([OH])[OH].[O]=[Sb]([OH])[OH].[O]=[Sb]([OH])[OH].[O]=[Sb]([OH])[OH].c1ccc([I+]c2ccccc2)cc1.c1ccc([S+](c2ccccc2)c2ccccc2)cc1. The van der Waals surface area contributed by atoms with E-state index in [-0.39, 0.29) is 60.3 Å². The Morgan fingerprint density at radius 3 is 0.818 bits per heavy atom. The van der Waals surface area contributed by atoms with Crippen molar-refractivity contribution in [2.75, 3.05) is 6.61 Å². The average Bonchev–Trinajstić information content (AvgIpc) is 3.17. The van der Waals surface area contributed by atoms with Gasteiger partial charge in [-0.2, -0.15) is 0 Å². The Balaban J connectivity index is -0.0000000874. The third-order valence-corrected chi connectivity index (χ3v) is 11.4. The minimum absolute atomic E-state index is 0. The summed E-state index contributed by atoms with van der Waals surface area (Å²) in [5.74, 6) is 0. The normalized spacial score (nSPS) is 8.08. The summed E-state index contributed by atoms with van der Waals surface area (Å²) >= 11 is -22.3.